The summed E-state index contributed by atoms with van der Waals surface area (Å²) >= 11 is 7.13. The molecule has 2 aliphatic rings. The van der Waals surface area contributed by atoms with E-state index in [1.54, 1.807) is 0 Å². The first-order valence-corrected chi connectivity index (χ1v) is 39.0. The molecule has 0 atom stereocenters. The predicted molar refractivity (Wildman–Crippen MR) is 430 cm³/mol. The lowest BCUT2D eigenvalue weighted by molar-refractivity contribution is 0.488. The molecule has 0 bridgehead atoms. The Kier molecular flexibility index (Phi) is 16.1. The average molecular weight is 1330 g/mol. The largest absolute Gasteiger partial charge is 0.458 e. The van der Waals surface area contributed by atoms with Gasteiger partial charge in [0.05, 0.1) is 5.69 Å². The van der Waals surface area contributed by atoms with Crippen LogP contribution in [0.15, 0.2) is 376 Å². The molecule has 6 heteroatoms. The molecule has 0 aromatic heterocycles. The summed E-state index contributed by atoms with van der Waals surface area (Å²) in [4.78, 5) is 2.57. The van der Waals surface area contributed by atoms with E-state index in [9.17, 15) is 0 Å². The Balaban J connectivity index is 1.03. The number of ether oxygens (including phenoxy) is 1. The van der Waals surface area contributed by atoms with Gasteiger partial charge in [0.1, 0.15) is 11.5 Å². The normalized spacial score (nSPS) is 12.4. The highest BCUT2D eigenvalue weighted by Crippen LogP contribution is 2.48. The molecule has 0 saturated carbocycles. The van der Waals surface area contributed by atoms with Gasteiger partial charge in [-0.25, -0.2) is 0 Å². The monoisotopic (exact) mass is 1330 g/mol. The number of benzene rings is 15. The van der Waals surface area contributed by atoms with Gasteiger partial charge in [-0.15, -0.1) is 0 Å². The van der Waals surface area contributed by atoms with Gasteiger partial charge in [0.2, 0.25) is 0 Å². The first kappa shape index (κ1) is 62.2. The van der Waals surface area contributed by atoms with Crippen LogP contribution in [0.3, 0.4) is 0 Å². The van der Waals surface area contributed by atoms with Crippen LogP contribution < -0.4 is 67.5 Å². The van der Waals surface area contributed by atoms with Crippen LogP contribution >= 0.6 is 11.6 Å². The Morgan fingerprint density at radius 3 is 1.15 bits per heavy atom. The van der Waals surface area contributed by atoms with Gasteiger partial charge in [-0.2, -0.15) is 0 Å². The highest BCUT2D eigenvalue weighted by atomic mass is 35.5. The van der Waals surface area contributed by atoms with Crippen molar-refractivity contribution in [1.82, 2.24) is 0 Å². The molecule has 15 aromatic rings. The zero-order chi connectivity index (χ0) is 67.4. The fourth-order valence-electron chi connectivity index (χ4n) is 16.1. The van der Waals surface area contributed by atoms with Gasteiger partial charge in [0, 0.05) is 22.0 Å². The lowest BCUT2D eigenvalue weighted by Gasteiger charge is -2.41. The molecular weight excluding hydrogens is 1260 g/mol. The molecule has 100 heavy (non-hydrogen) atoms. The van der Waals surface area contributed by atoms with Crippen LogP contribution in [0.5, 0.6) is 11.5 Å². The zero-order valence-electron chi connectivity index (χ0n) is 56.1. The second-order valence-corrected chi connectivity index (χ2v) is 35.7. The van der Waals surface area contributed by atoms with E-state index in [-0.39, 0.29) is 12.1 Å². The van der Waals surface area contributed by atoms with Crippen molar-refractivity contribution in [3.05, 3.63) is 387 Å². The van der Waals surface area contributed by atoms with Crippen molar-refractivity contribution >= 4 is 109 Å². The quantitative estimate of drug-likeness (QED) is 0.0795. The summed E-state index contributed by atoms with van der Waals surface area (Å²) in [6.45, 7) is 6.72. The van der Waals surface area contributed by atoms with Crippen molar-refractivity contribution in [1.29, 1.82) is 0 Å². The van der Waals surface area contributed by atoms with E-state index >= 15 is 0 Å². The lowest BCUT2D eigenvalue weighted by Crippen LogP contribution is -2.78. The van der Waals surface area contributed by atoms with Gasteiger partial charge in [0.25, 0.3) is 6.71 Å². The SMILES string of the molecule is CC(C)(C)c1ccc(N2c3ccc(-c4ccccc4)cc3B3c4ccc(Cl)cc4Oc4cc(-c5cc([Si](c6ccccc6)(c6ccccc6)c6cccc(-c7ccccc7)c6)cc([Si](c6ccccc6)(c6ccccc6)c6cccc(-c7ccccc7)c6)c5)cc2c43)c(-c2ccccc2)c1. The van der Waals surface area contributed by atoms with Crippen LogP contribution in [-0.4, -0.2) is 22.9 Å². The summed E-state index contributed by atoms with van der Waals surface area (Å²) in [5.74, 6) is 1.55. The number of hydrogen-bond donors (Lipinski definition) is 0. The summed E-state index contributed by atoms with van der Waals surface area (Å²) in [6, 6.07) is 142. The van der Waals surface area contributed by atoms with Crippen molar-refractivity contribution in [2.24, 2.45) is 0 Å². The van der Waals surface area contributed by atoms with Crippen LogP contribution in [0.4, 0.5) is 17.1 Å². The Hall–Kier alpha value is -11.3. The van der Waals surface area contributed by atoms with E-state index in [1.165, 1.54) is 74.8 Å². The van der Waals surface area contributed by atoms with Crippen molar-refractivity contribution in [3.8, 4) is 67.1 Å². The lowest BCUT2D eigenvalue weighted by atomic mass is 9.34. The van der Waals surface area contributed by atoms with Crippen molar-refractivity contribution in [2.45, 2.75) is 26.2 Å². The second kappa shape index (κ2) is 25.8. The van der Waals surface area contributed by atoms with Gasteiger partial charge in [-0.05, 0) is 161 Å². The van der Waals surface area contributed by atoms with Crippen molar-refractivity contribution < 1.29 is 4.74 Å². The van der Waals surface area contributed by atoms with E-state index in [4.69, 9.17) is 16.3 Å². The second-order valence-electron chi connectivity index (χ2n) is 27.6. The molecule has 2 heterocycles. The van der Waals surface area contributed by atoms with Crippen LogP contribution in [0.2, 0.25) is 5.02 Å². The number of halogens is 1. The fourth-order valence-corrected chi connectivity index (χ4v) is 26.1. The molecule has 0 fully saturated rings. The first-order valence-electron chi connectivity index (χ1n) is 34.7. The fraction of sp³-hybridized carbons (Fsp3) is 0.0426. The van der Waals surface area contributed by atoms with Crippen molar-refractivity contribution in [3.63, 3.8) is 0 Å². The third-order valence-corrected chi connectivity index (χ3v) is 30.5. The predicted octanol–water partition coefficient (Wildman–Crippen LogP) is 17.1. The van der Waals surface area contributed by atoms with E-state index in [2.05, 4.69) is 390 Å². The summed E-state index contributed by atoms with van der Waals surface area (Å²) in [6.07, 6.45) is 0. The molecule has 0 unspecified atom stereocenters. The maximum atomic E-state index is 7.59. The van der Waals surface area contributed by atoms with E-state index in [1.807, 2.05) is 12.1 Å². The zero-order valence-corrected chi connectivity index (χ0v) is 58.9. The molecule has 17 rings (SSSR count). The third kappa shape index (κ3) is 10.9. The molecular formula is C94H71BClNOSi2. The first-order chi connectivity index (χ1) is 49.1. The van der Waals surface area contributed by atoms with Gasteiger partial charge in [0.15, 0.2) is 16.1 Å². The molecule has 0 radical (unpaired) electrons. The summed E-state index contributed by atoms with van der Waals surface area (Å²) in [5, 5.41) is 10.9. The highest BCUT2D eigenvalue weighted by molar-refractivity contribution is 7.22. The molecule has 0 spiro atoms. The number of nitrogens with zero attached hydrogens (tertiary/aromatic N) is 1. The number of fused-ring (bicyclic) bond motifs is 4. The van der Waals surface area contributed by atoms with Crippen molar-refractivity contribution in [2.75, 3.05) is 4.90 Å². The van der Waals surface area contributed by atoms with E-state index in [0.29, 0.717) is 5.02 Å². The average Bonchev–Trinajstić information content (AvgIpc) is 0.708. The van der Waals surface area contributed by atoms with E-state index < -0.39 is 16.1 Å². The van der Waals surface area contributed by atoms with Gasteiger partial charge < -0.3 is 9.64 Å². The van der Waals surface area contributed by atoms with Gasteiger partial charge in [-0.1, -0.05) is 366 Å². The van der Waals surface area contributed by atoms with E-state index in [0.717, 1.165) is 72.9 Å². The molecule has 476 valence electrons. The topological polar surface area (TPSA) is 12.5 Å². The minimum atomic E-state index is -3.46. The standard InChI is InChI=1S/C94H71BClNOSi2/c1-94(2,3)75-51-55-88(85(63-75)69-36-18-7-19-37-69)97-89-54-50-72(68-34-16-6-17-35-68)60-87(89)95-86-53-52-76(96)64-91(86)98-92-62-74(61-90(97)93(92)95)73-58-83(99(77-40-20-8-21-41-77,78-42-22-9-23-43-78)81-48-28-38-70(56-81)66-30-12-4-13-31-66)65-84(59-73)100(79-44-24-10-25-45-79,80-46-26-11-27-47-80)82-49-29-39-71(57-82)67-32-14-5-15-33-67/h4-65H,1-3H3. The number of rotatable bonds is 14. The van der Waals surface area contributed by atoms with Crippen LogP contribution in [0, 0.1) is 0 Å². The highest BCUT2D eigenvalue weighted by Gasteiger charge is 2.48. The summed E-state index contributed by atoms with van der Waals surface area (Å²) in [7, 11) is -6.91. The van der Waals surface area contributed by atoms with Gasteiger partial charge >= 0.3 is 0 Å². The van der Waals surface area contributed by atoms with Gasteiger partial charge in [-0.3, -0.25) is 0 Å². The maximum absolute atomic E-state index is 7.59. The summed E-state index contributed by atoms with van der Waals surface area (Å²) < 4.78 is 7.59. The van der Waals surface area contributed by atoms with Crippen LogP contribution in [0.1, 0.15) is 26.3 Å². The van der Waals surface area contributed by atoms with Crippen LogP contribution in [0.25, 0.3) is 55.6 Å². The molecule has 2 nitrogen and oxygen atoms in total. The molecule has 0 amide bonds. The summed E-state index contributed by atoms with van der Waals surface area (Å²) in [5.41, 5.74) is 19.2. The Morgan fingerprint density at radius 1 is 0.280 bits per heavy atom. The molecule has 0 N–H and O–H groups in total. The maximum Gasteiger partial charge on any atom is 0.256 e. The number of anilines is 3. The minimum absolute atomic E-state index is 0.125. The molecule has 2 aliphatic heterocycles. The molecule has 0 saturated heterocycles. The Bertz CT molecular complexity index is 5240. The smallest absolute Gasteiger partial charge is 0.256 e. The Morgan fingerprint density at radius 2 is 0.680 bits per heavy atom. The molecule has 15 aromatic carbocycles. The Labute approximate surface area is 594 Å². The number of hydrogen-bond acceptors (Lipinski definition) is 2. The third-order valence-electron chi connectivity index (χ3n) is 20.8. The molecule has 0 aliphatic carbocycles. The minimum Gasteiger partial charge on any atom is -0.458 e. The van der Waals surface area contributed by atoms with Crippen LogP contribution in [-0.2, 0) is 5.41 Å².